The summed E-state index contributed by atoms with van der Waals surface area (Å²) in [6.45, 7) is 14.3. The molecule has 0 atom stereocenters. The molecule has 3 heteroatoms. The average molecular weight is 327 g/mol. The molecule has 0 N–H and O–H groups in total. The van der Waals surface area contributed by atoms with Gasteiger partial charge in [-0.3, -0.25) is 0 Å². The molecule has 0 amide bonds. The zero-order valence-corrected chi connectivity index (χ0v) is 16.1. The largest absolute Gasteiger partial charge is 0.249 e. The van der Waals surface area contributed by atoms with E-state index in [2.05, 4.69) is 87.6 Å². The maximum atomic E-state index is 5.03. The number of aromatic nitrogens is 2. The number of aliphatic imine (C=N–C) groups is 1. The van der Waals surface area contributed by atoms with Gasteiger partial charge in [-0.25, -0.2) is 9.56 Å². The summed E-state index contributed by atoms with van der Waals surface area (Å²) in [4.78, 5) is 5.03. The molecule has 2 rings (SSSR count). The topological polar surface area (TPSA) is 21.2 Å². The van der Waals surface area contributed by atoms with E-state index in [9.17, 15) is 0 Å². The second-order valence-electron chi connectivity index (χ2n) is 7.17. The van der Waals surface area contributed by atoms with Crippen molar-refractivity contribution in [2.45, 2.75) is 72.8 Å². The zero-order chi connectivity index (χ0) is 17.7. The van der Waals surface area contributed by atoms with Gasteiger partial charge in [0.2, 0.25) is 6.33 Å². The Labute approximate surface area is 147 Å². The first kappa shape index (κ1) is 18.4. The number of imidazole rings is 1. The summed E-state index contributed by atoms with van der Waals surface area (Å²) < 4.78 is 4.36. The number of aryl methyl sites for hydroxylation is 1. The highest BCUT2D eigenvalue weighted by atomic mass is 15.1. The molecule has 2 aromatic rings. The lowest BCUT2D eigenvalue weighted by Gasteiger charge is -2.16. The number of hydrogen-bond donors (Lipinski definition) is 0. The number of rotatable bonds is 6. The molecule has 0 radical (unpaired) electrons. The SMILES string of the molecule is CCCC[n+]1ccn(C(C)=Nc2c(C(C)C)cccc2C(C)C)c1. The summed E-state index contributed by atoms with van der Waals surface area (Å²) >= 11 is 0. The van der Waals surface area contributed by atoms with Crippen LogP contribution in [0.4, 0.5) is 5.69 Å². The predicted molar refractivity (Wildman–Crippen MR) is 102 cm³/mol. The van der Waals surface area contributed by atoms with Crippen molar-refractivity contribution in [3.8, 4) is 0 Å². The standard InChI is InChI=1S/C21H32N3/c1-7-8-12-23-13-14-24(15-23)18(6)22-21-19(16(2)3)10-9-11-20(21)17(4)5/h9-11,13-17H,7-8,12H2,1-6H3/q+1. The molecule has 130 valence electrons. The van der Waals surface area contributed by atoms with Crippen LogP contribution in [0.1, 0.15) is 77.3 Å². The van der Waals surface area contributed by atoms with Crippen LogP contribution >= 0.6 is 0 Å². The Morgan fingerprint density at radius 1 is 1.12 bits per heavy atom. The summed E-state index contributed by atoms with van der Waals surface area (Å²) in [5.74, 6) is 1.95. The minimum Gasteiger partial charge on any atom is -0.236 e. The average Bonchev–Trinajstić information content (AvgIpc) is 3.01. The molecular weight excluding hydrogens is 294 g/mol. The molecule has 0 unspecified atom stereocenters. The van der Waals surface area contributed by atoms with Crippen molar-refractivity contribution in [1.29, 1.82) is 0 Å². The Hall–Kier alpha value is -1.90. The summed E-state index contributed by atoms with van der Waals surface area (Å²) in [6.07, 6.45) is 8.79. The summed E-state index contributed by atoms with van der Waals surface area (Å²) in [6, 6.07) is 6.58. The number of benzene rings is 1. The highest BCUT2D eigenvalue weighted by Gasteiger charge is 2.15. The summed E-state index contributed by atoms with van der Waals surface area (Å²) in [5.41, 5.74) is 3.80. The third-order valence-electron chi connectivity index (χ3n) is 4.45. The molecule has 0 aliphatic rings. The highest BCUT2D eigenvalue weighted by Crippen LogP contribution is 2.34. The lowest BCUT2D eigenvalue weighted by Crippen LogP contribution is -2.31. The third kappa shape index (κ3) is 4.34. The van der Waals surface area contributed by atoms with E-state index >= 15 is 0 Å². The molecule has 0 saturated heterocycles. The molecule has 0 aliphatic carbocycles. The van der Waals surface area contributed by atoms with E-state index in [0.29, 0.717) is 11.8 Å². The molecule has 0 fully saturated rings. The van der Waals surface area contributed by atoms with Gasteiger partial charge in [0.25, 0.3) is 0 Å². The van der Waals surface area contributed by atoms with Gasteiger partial charge in [-0.05, 0) is 29.4 Å². The van der Waals surface area contributed by atoms with Gasteiger partial charge in [0.1, 0.15) is 12.4 Å². The van der Waals surface area contributed by atoms with Gasteiger partial charge >= 0.3 is 0 Å². The first-order chi connectivity index (χ1) is 11.4. The monoisotopic (exact) mass is 326 g/mol. The van der Waals surface area contributed by atoms with Crippen molar-refractivity contribution >= 4 is 11.5 Å². The fraction of sp³-hybridized carbons (Fsp3) is 0.524. The molecule has 3 nitrogen and oxygen atoms in total. The van der Waals surface area contributed by atoms with Gasteiger partial charge in [-0.15, -0.1) is 0 Å². The number of hydrogen-bond acceptors (Lipinski definition) is 1. The van der Waals surface area contributed by atoms with Crippen molar-refractivity contribution in [3.05, 3.63) is 48.0 Å². The smallest absolute Gasteiger partial charge is 0.236 e. The van der Waals surface area contributed by atoms with Gasteiger partial charge in [0, 0.05) is 6.92 Å². The summed E-state index contributed by atoms with van der Waals surface area (Å²) in [7, 11) is 0. The minimum absolute atomic E-state index is 0.467. The second-order valence-corrected chi connectivity index (χ2v) is 7.17. The van der Waals surface area contributed by atoms with E-state index in [0.717, 1.165) is 18.1 Å². The molecule has 0 bridgehead atoms. The van der Waals surface area contributed by atoms with Gasteiger partial charge in [0.05, 0.1) is 12.2 Å². The maximum absolute atomic E-state index is 5.03. The molecule has 1 heterocycles. The first-order valence-corrected chi connectivity index (χ1v) is 9.19. The van der Waals surface area contributed by atoms with Gasteiger partial charge < -0.3 is 0 Å². The quantitative estimate of drug-likeness (QED) is 0.384. The normalized spacial score (nSPS) is 12.4. The second kappa shape index (κ2) is 8.27. The zero-order valence-electron chi connectivity index (χ0n) is 16.1. The fourth-order valence-electron chi connectivity index (χ4n) is 2.92. The molecule has 0 spiro atoms. The van der Waals surface area contributed by atoms with Crippen LogP contribution in [0.5, 0.6) is 0 Å². The van der Waals surface area contributed by atoms with Gasteiger partial charge in [0.15, 0.2) is 5.84 Å². The van der Waals surface area contributed by atoms with Crippen LogP contribution in [0, 0.1) is 0 Å². The third-order valence-corrected chi connectivity index (χ3v) is 4.45. The molecule has 1 aromatic heterocycles. The van der Waals surface area contributed by atoms with Crippen LogP contribution in [0.2, 0.25) is 0 Å². The number of para-hydroxylation sites is 1. The first-order valence-electron chi connectivity index (χ1n) is 9.19. The Bertz CT molecular complexity index is 667. The van der Waals surface area contributed by atoms with Crippen LogP contribution in [-0.2, 0) is 6.54 Å². The fourth-order valence-corrected chi connectivity index (χ4v) is 2.92. The van der Waals surface area contributed by atoms with Crippen LogP contribution < -0.4 is 4.57 Å². The molecule has 0 aliphatic heterocycles. The van der Waals surface area contributed by atoms with Crippen molar-refractivity contribution < 1.29 is 4.57 Å². The highest BCUT2D eigenvalue weighted by molar-refractivity contribution is 5.85. The number of unbranched alkanes of at least 4 members (excludes halogenated alkanes) is 1. The van der Waals surface area contributed by atoms with Crippen LogP contribution in [0.3, 0.4) is 0 Å². The van der Waals surface area contributed by atoms with Crippen molar-refractivity contribution in [3.63, 3.8) is 0 Å². The van der Waals surface area contributed by atoms with Gasteiger partial charge in [-0.2, -0.15) is 4.57 Å². The van der Waals surface area contributed by atoms with Crippen LogP contribution in [-0.4, -0.2) is 10.4 Å². The van der Waals surface area contributed by atoms with E-state index in [1.54, 1.807) is 0 Å². The van der Waals surface area contributed by atoms with E-state index in [4.69, 9.17) is 4.99 Å². The minimum atomic E-state index is 0.467. The van der Waals surface area contributed by atoms with Crippen LogP contribution in [0.15, 0.2) is 41.9 Å². The molecular formula is C21H32N3+. The summed E-state index contributed by atoms with van der Waals surface area (Å²) in [5, 5.41) is 0. The van der Waals surface area contributed by atoms with E-state index < -0.39 is 0 Å². The van der Waals surface area contributed by atoms with Crippen LogP contribution in [0.25, 0.3) is 0 Å². The Morgan fingerprint density at radius 2 is 1.75 bits per heavy atom. The molecule has 1 aromatic carbocycles. The molecule has 24 heavy (non-hydrogen) atoms. The lowest BCUT2D eigenvalue weighted by atomic mass is 9.93. The predicted octanol–water partition coefficient (Wildman–Crippen LogP) is 5.42. The van der Waals surface area contributed by atoms with Crippen molar-refractivity contribution in [2.75, 3.05) is 0 Å². The Balaban J connectivity index is 2.40. The lowest BCUT2D eigenvalue weighted by molar-refractivity contribution is -0.696. The Morgan fingerprint density at radius 3 is 2.29 bits per heavy atom. The number of nitrogens with zero attached hydrogens (tertiary/aromatic N) is 3. The van der Waals surface area contributed by atoms with Crippen molar-refractivity contribution in [2.24, 2.45) is 4.99 Å². The van der Waals surface area contributed by atoms with E-state index in [1.807, 2.05) is 0 Å². The van der Waals surface area contributed by atoms with E-state index in [1.165, 1.54) is 24.0 Å². The maximum Gasteiger partial charge on any atom is 0.249 e. The van der Waals surface area contributed by atoms with Gasteiger partial charge in [-0.1, -0.05) is 59.2 Å². The molecule has 0 saturated carbocycles. The Kier molecular flexibility index (Phi) is 6.36. The van der Waals surface area contributed by atoms with Crippen molar-refractivity contribution in [1.82, 2.24) is 4.57 Å². The van der Waals surface area contributed by atoms with E-state index in [-0.39, 0.29) is 0 Å².